The molecule has 7 aliphatic rings. The summed E-state index contributed by atoms with van der Waals surface area (Å²) >= 11 is 0. The van der Waals surface area contributed by atoms with Gasteiger partial charge >= 0.3 is 0 Å². The number of nitrogens with one attached hydrogen (secondary N) is 5. The molecule has 0 aliphatic carbocycles. The van der Waals surface area contributed by atoms with Crippen LogP contribution in [0, 0.1) is 0 Å². The highest BCUT2D eigenvalue weighted by molar-refractivity contribution is 6.28. The van der Waals surface area contributed by atoms with Gasteiger partial charge in [-0.15, -0.1) is 0 Å². The van der Waals surface area contributed by atoms with Crippen molar-refractivity contribution in [2.24, 2.45) is 5.73 Å². The van der Waals surface area contributed by atoms with E-state index in [0.29, 0.717) is 12.2 Å². The number of benzene rings is 1. The van der Waals surface area contributed by atoms with Crippen LogP contribution in [0.25, 0.3) is 0 Å². The van der Waals surface area contributed by atoms with Crippen LogP contribution < -0.4 is 37.2 Å². The fourth-order valence-electron chi connectivity index (χ4n) is 7.52. The fourth-order valence-corrected chi connectivity index (χ4v) is 7.52. The van der Waals surface area contributed by atoms with Gasteiger partial charge in [-0.25, -0.2) is 4.90 Å². The van der Waals surface area contributed by atoms with E-state index in [1.54, 1.807) is 0 Å². The maximum absolute atomic E-state index is 12.0. The van der Waals surface area contributed by atoms with Gasteiger partial charge in [-0.1, -0.05) is 12.1 Å². The quantitative estimate of drug-likeness (QED) is 0.165. The van der Waals surface area contributed by atoms with E-state index in [-0.39, 0.29) is 22.9 Å². The molecule has 38 heavy (non-hydrogen) atoms. The van der Waals surface area contributed by atoms with E-state index in [4.69, 9.17) is 5.73 Å². The molecule has 8 rings (SSSR count). The average molecular weight is 524 g/mol. The number of hydrogen-bond donors (Lipinski definition) is 6. The summed E-state index contributed by atoms with van der Waals surface area (Å²) in [5, 5.41) is 18.8. The summed E-state index contributed by atoms with van der Waals surface area (Å²) < 4.78 is 1.24. The van der Waals surface area contributed by atoms with Gasteiger partial charge in [0.2, 0.25) is 0 Å². The second-order valence-corrected chi connectivity index (χ2v) is 12.2. The minimum Gasteiger partial charge on any atom is -0.319 e. The highest BCUT2D eigenvalue weighted by Crippen LogP contribution is 2.52. The molecule has 6 saturated heterocycles. The maximum Gasteiger partial charge on any atom is 0.258 e. The van der Waals surface area contributed by atoms with Crippen molar-refractivity contribution < 1.29 is 14.1 Å². The lowest BCUT2D eigenvalue weighted by Gasteiger charge is -2.37. The fraction of sp³-hybridized carbons (Fsp3) is 0.643. The summed E-state index contributed by atoms with van der Waals surface area (Å²) in [6.07, 6.45) is 6.18. The van der Waals surface area contributed by atoms with E-state index in [0.717, 1.165) is 83.0 Å². The van der Waals surface area contributed by atoms with Crippen molar-refractivity contribution in [2.75, 3.05) is 70.3 Å². The first-order chi connectivity index (χ1) is 18.4. The summed E-state index contributed by atoms with van der Waals surface area (Å²) in [4.78, 5) is 25.3. The van der Waals surface area contributed by atoms with Crippen molar-refractivity contribution in [3.05, 3.63) is 42.0 Å². The van der Waals surface area contributed by atoms with E-state index in [1.165, 1.54) is 40.9 Å². The van der Waals surface area contributed by atoms with Gasteiger partial charge < -0.3 is 36.8 Å². The molecule has 5 bridgehead atoms. The normalized spacial score (nSPS) is 37.9. The van der Waals surface area contributed by atoms with Gasteiger partial charge in [-0.3, -0.25) is 9.59 Å². The lowest BCUT2D eigenvalue weighted by atomic mass is 9.93. The molecule has 1 aromatic carbocycles. The number of carbonyl (C=O) groups excluding carboxylic acids is 2. The van der Waals surface area contributed by atoms with Crippen LogP contribution in [0.15, 0.2) is 36.4 Å². The highest BCUT2D eigenvalue weighted by atomic mass is 16.2. The smallest absolute Gasteiger partial charge is 0.258 e. The molecule has 0 aromatic heterocycles. The second-order valence-electron chi connectivity index (χ2n) is 12.2. The zero-order valence-electron chi connectivity index (χ0n) is 22.3. The Kier molecular flexibility index (Phi) is 7.15. The van der Waals surface area contributed by atoms with Gasteiger partial charge in [0, 0.05) is 90.3 Å². The Morgan fingerprint density at radius 2 is 1.55 bits per heavy atom. The number of nitrogens with zero attached hydrogens (tertiary/aromatic N) is 2. The third-order valence-corrected chi connectivity index (χ3v) is 9.46. The zero-order valence-corrected chi connectivity index (χ0v) is 22.3. The lowest BCUT2D eigenvalue weighted by Crippen LogP contribution is -2.63. The van der Waals surface area contributed by atoms with E-state index in [2.05, 4.69) is 26.6 Å². The van der Waals surface area contributed by atoms with Crippen molar-refractivity contribution in [3.63, 3.8) is 0 Å². The molecule has 10 heteroatoms. The third kappa shape index (κ3) is 5.06. The van der Waals surface area contributed by atoms with Crippen molar-refractivity contribution in [2.45, 2.75) is 49.0 Å². The molecule has 5 unspecified atom stereocenters. The largest absolute Gasteiger partial charge is 0.319 e. The molecule has 5 atom stereocenters. The highest BCUT2D eigenvalue weighted by Gasteiger charge is 2.72. The molecule has 1 spiro atoms. The lowest BCUT2D eigenvalue weighted by molar-refractivity contribution is -0.819. The molecule has 206 valence electrons. The molecule has 0 saturated carbocycles. The van der Waals surface area contributed by atoms with Crippen LogP contribution in [0.5, 0.6) is 0 Å². The van der Waals surface area contributed by atoms with Crippen molar-refractivity contribution in [3.8, 4) is 0 Å². The Morgan fingerprint density at radius 1 is 0.895 bits per heavy atom. The first-order valence-electron chi connectivity index (χ1n) is 14.3. The topological polar surface area (TPSA) is 124 Å². The average Bonchev–Trinajstić information content (AvgIpc) is 3.13. The van der Waals surface area contributed by atoms with Gasteiger partial charge in [0.25, 0.3) is 11.8 Å². The van der Waals surface area contributed by atoms with E-state index in [1.807, 2.05) is 24.3 Å². The number of fused-ring (bicyclic) bond motifs is 4. The third-order valence-electron chi connectivity index (χ3n) is 9.46. The van der Waals surface area contributed by atoms with Gasteiger partial charge in [-0.2, -0.15) is 0 Å². The molecule has 2 amide bonds. The molecular weight excluding hydrogens is 480 g/mol. The predicted molar refractivity (Wildman–Crippen MR) is 147 cm³/mol. The number of piperidine rings is 1. The van der Waals surface area contributed by atoms with Crippen LogP contribution in [0.2, 0.25) is 0 Å². The second kappa shape index (κ2) is 10.4. The number of hydrogen-bond acceptors (Lipinski definition) is 8. The predicted octanol–water partition coefficient (Wildman–Crippen LogP) is -1.22. The van der Waals surface area contributed by atoms with Crippen LogP contribution in [0.1, 0.15) is 24.8 Å². The molecule has 10 nitrogen and oxygen atoms in total. The summed E-state index contributed by atoms with van der Waals surface area (Å²) in [7, 11) is 0. The van der Waals surface area contributed by atoms with Crippen molar-refractivity contribution in [1.29, 1.82) is 0 Å². The Balaban J connectivity index is 1.15. The van der Waals surface area contributed by atoms with Crippen molar-refractivity contribution >= 4 is 17.5 Å². The van der Waals surface area contributed by atoms with Crippen LogP contribution in [-0.2, 0) is 16.1 Å². The van der Waals surface area contributed by atoms with E-state index in [9.17, 15) is 9.59 Å². The number of amides is 2. The summed E-state index contributed by atoms with van der Waals surface area (Å²) in [6, 6.07) is 9.19. The summed E-state index contributed by atoms with van der Waals surface area (Å²) in [6.45, 7) is 10.4. The Labute approximate surface area is 225 Å². The molecule has 0 radical (unpaired) electrons. The van der Waals surface area contributed by atoms with E-state index < -0.39 is 0 Å². The molecule has 1 aromatic rings. The first kappa shape index (κ1) is 26.1. The Bertz CT molecular complexity index is 1060. The minimum atomic E-state index is -0.290. The maximum atomic E-state index is 12.0. The van der Waals surface area contributed by atoms with Gasteiger partial charge in [0.1, 0.15) is 12.1 Å². The SMILES string of the molecule is NC12CNCCNCC3(NCc4ccc(N5C(=O)C=CC5=O)cc4)CNCCC[N+]4(C1)C(CCNC3)C4C2. The van der Waals surface area contributed by atoms with Crippen LogP contribution in [0.4, 0.5) is 5.69 Å². The molecule has 6 fully saturated rings. The van der Waals surface area contributed by atoms with Crippen LogP contribution >= 0.6 is 0 Å². The van der Waals surface area contributed by atoms with Gasteiger partial charge in [0.05, 0.1) is 29.9 Å². The number of carbonyl (C=O) groups is 2. The van der Waals surface area contributed by atoms with Gasteiger partial charge in [-0.05, 0) is 17.7 Å². The molecule has 7 aliphatic heterocycles. The minimum absolute atomic E-state index is 0.0743. The van der Waals surface area contributed by atoms with E-state index >= 15 is 0 Å². The molecule has 7 N–H and O–H groups in total. The molecular formula is C28H43N8O2+. The van der Waals surface area contributed by atoms with Crippen molar-refractivity contribution in [1.82, 2.24) is 26.6 Å². The Hall–Kier alpha value is -2.18. The number of nitrogens with two attached hydrogens (primary N) is 1. The standard InChI is InChI=1S/C28H43N8O2/c29-27-14-24-23-8-10-31-18-28(19-33-12-11-32-16-27,17-30-9-1-13-36(23,24)20-27)34-15-21-2-4-22(5-3-21)35-25(37)6-7-26(35)38/h2-7,23-24,30-34H,1,8-20,29H2/q+1. The van der Waals surface area contributed by atoms with Crippen LogP contribution in [0.3, 0.4) is 0 Å². The first-order valence-corrected chi connectivity index (χ1v) is 14.3. The number of anilines is 1. The van der Waals surface area contributed by atoms with Gasteiger partial charge in [0.15, 0.2) is 0 Å². The summed E-state index contributed by atoms with van der Waals surface area (Å²) in [5.41, 5.74) is 8.38. The number of imide groups is 1. The zero-order chi connectivity index (χ0) is 26.2. The Morgan fingerprint density at radius 3 is 2.29 bits per heavy atom. The monoisotopic (exact) mass is 523 g/mol. The van der Waals surface area contributed by atoms with Crippen LogP contribution in [-0.4, -0.2) is 105 Å². The summed E-state index contributed by atoms with van der Waals surface area (Å²) in [5.74, 6) is -0.579. The number of quaternary nitrogens is 1. The molecule has 7 heterocycles. The number of rotatable bonds is 4.